The second-order valence-corrected chi connectivity index (χ2v) is 4.01. The first-order chi connectivity index (χ1) is 9.76. The van der Waals surface area contributed by atoms with Crippen LogP contribution in [0.5, 0.6) is 0 Å². The highest BCUT2D eigenvalue weighted by Crippen LogP contribution is 2.10. The fraction of sp³-hybridized carbons (Fsp3) is 0.533. The minimum Gasteiger partial charge on any atom is -0.399 e. The largest absolute Gasteiger partial charge is 0.399 e. The van der Waals surface area contributed by atoms with Crippen LogP contribution in [0.3, 0.4) is 0 Å². The van der Waals surface area contributed by atoms with E-state index in [0.29, 0.717) is 0 Å². The summed E-state index contributed by atoms with van der Waals surface area (Å²) in [7, 11) is 0. The number of hydrogen-bond donors (Lipinski definition) is 1. The average molecular weight is 306 g/mol. The minimum atomic E-state index is -4.00. The maximum atomic E-state index is 10.5. The molecule has 1 rings (SSSR count). The van der Waals surface area contributed by atoms with Crippen LogP contribution >= 0.6 is 0 Å². The molecule has 2 N–H and O–H groups in total. The molecule has 1 amide bonds. The van der Waals surface area contributed by atoms with Gasteiger partial charge in [0.25, 0.3) is 0 Å². The number of benzene rings is 1. The number of carbonyl (C=O) groups is 1. The highest BCUT2D eigenvalue weighted by molar-refractivity contribution is 5.47. The summed E-state index contributed by atoms with van der Waals surface area (Å²) in [5, 5.41) is 0. The van der Waals surface area contributed by atoms with Crippen LogP contribution in [0, 0.1) is 0 Å². The normalized spacial score (nSPS) is 9.67. The maximum absolute atomic E-state index is 10.5. The van der Waals surface area contributed by atoms with E-state index in [-0.39, 0.29) is 6.92 Å². The van der Waals surface area contributed by atoms with Crippen LogP contribution in [0.15, 0.2) is 24.3 Å². The summed E-state index contributed by atoms with van der Waals surface area (Å²) in [4.78, 5) is 12.3. The smallest absolute Gasteiger partial charge is 0.386 e. The molecule has 0 heterocycles. The standard InChI is InChI=1S/C11H16N2O.C2H3F3.C2H6/c1-2-13(9-14)7-6-10-4-3-5-11(12)8-10;1-2(3,4)5;1-2/h3-5,8-9H,2,6-7,12H2,1H3;1H3;1-2H3. The summed E-state index contributed by atoms with van der Waals surface area (Å²) in [6.07, 6.45) is -2.26. The van der Waals surface area contributed by atoms with E-state index in [9.17, 15) is 18.0 Å². The lowest BCUT2D eigenvalue weighted by atomic mass is 10.1. The number of nitrogens with two attached hydrogens (primary N) is 1. The molecule has 0 saturated heterocycles. The summed E-state index contributed by atoms with van der Waals surface area (Å²) >= 11 is 0. The molecule has 21 heavy (non-hydrogen) atoms. The Labute approximate surface area is 124 Å². The fourth-order valence-corrected chi connectivity index (χ4v) is 1.31. The summed E-state index contributed by atoms with van der Waals surface area (Å²) in [5.74, 6) is 0. The van der Waals surface area contributed by atoms with Crippen molar-refractivity contribution in [3.8, 4) is 0 Å². The third kappa shape index (κ3) is 16.2. The van der Waals surface area contributed by atoms with Gasteiger partial charge in [-0.25, -0.2) is 0 Å². The van der Waals surface area contributed by atoms with E-state index in [0.717, 1.165) is 31.6 Å². The maximum Gasteiger partial charge on any atom is 0.386 e. The Morgan fingerprint density at radius 3 is 2.19 bits per heavy atom. The van der Waals surface area contributed by atoms with Gasteiger partial charge in [-0.05, 0) is 31.0 Å². The van der Waals surface area contributed by atoms with Crippen molar-refractivity contribution < 1.29 is 18.0 Å². The number of rotatable bonds is 5. The Hall–Kier alpha value is -1.72. The molecule has 0 aromatic heterocycles. The van der Waals surface area contributed by atoms with Crippen molar-refractivity contribution in [2.24, 2.45) is 0 Å². The second-order valence-electron chi connectivity index (χ2n) is 4.01. The lowest BCUT2D eigenvalue weighted by Crippen LogP contribution is -2.23. The van der Waals surface area contributed by atoms with Crippen molar-refractivity contribution in [2.45, 2.75) is 40.3 Å². The molecule has 0 aliphatic rings. The number of halogens is 3. The van der Waals surface area contributed by atoms with Crippen LogP contribution in [0.2, 0.25) is 0 Å². The van der Waals surface area contributed by atoms with E-state index >= 15 is 0 Å². The third-order valence-corrected chi connectivity index (χ3v) is 2.19. The fourth-order valence-electron chi connectivity index (χ4n) is 1.31. The molecule has 0 saturated carbocycles. The molecule has 0 aliphatic carbocycles. The van der Waals surface area contributed by atoms with Crippen LogP contribution in [0.4, 0.5) is 18.9 Å². The zero-order valence-electron chi connectivity index (χ0n) is 13.1. The first-order valence-electron chi connectivity index (χ1n) is 6.86. The van der Waals surface area contributed by atoms with Crippen LogP contribution in [-0.2, 0) is 11.2 Å². The van der Waals surface area contributed by atoms with Gasteiger partial charge in [0, 0.05) is 25.7 Å². The highest BCUT2D eigenvalue weighted by atomic mass is 19.4. The van der Waals surface area contributed by atoms with Crippen molar-refractivity contribution >= 4 is 12.1 Å². The number of amides is 1. The zero-order chi connectivity index (χ0) is 16.9. The van der Waals surface area contributed by atoms with Gasteiger partial charge < -0.3 is 10.6 Å². The molecular weight excluding hydrogens is 281 g/mol. The molecule has 1 aromatic rings. The van der Waals surface area contributed by atoms with Gasteiger partial charge in [-0.3, -0.25) is 4.79 Å². The lowest BCUT2D eigenvalue weighted by molar-refractivity contribution is -0.118. The number of nitrogens with zero attached hydrogens (tertiary/aromatic N) is 1. The molecular formula is C15H25F3N2O. The first kappa shape index (κ1) is 21.6. The van der Waals surface area contributed by atoms with Crippen LogP contribution in [0.1, 0.15) is 33.3 Å². The molecule has 0 aliphatic heterocycles. The monoisotopic (exact) mass is 306 g/mol. The molecule has 122 valence electrons. The quantitative estimate of drug-likeness (QED) is 0.663. The van der Waals surface area contributed by atoms with Crippen molar-refractivity contribution in [1.29, 1.82) is 0 Å². The SMILES string of the molecule is CC.CC(F)(F)F.CCN(C=O)CCc1cccc(N)c1. The van der Waals surface area contributed by atoms with Gasteiger partial charge in [-0.15, -0.1) is 0 Å². The number of carbonyl (C=O) groups excluding carboxylic acids is 1. The van der Waals surface area contributed by atoms with E-state index in [1.54, 1.807) is 4.90 Å². The van der Waals surface area contributed by atoms with Crippen molar-refractivity contribution in [2.75, 3.05) is 18.8 Å². The highest BCUT2D eigenvalue weighted by Gasteiger charge is 2.15. The van der Waals surface area contributed by atoms with E-state index in [1.165, 1.54) is 5.56 Å². The van der Waals surface area contributed by atoms with Crippen molar-refractivity contribution in [3.05, 3.63) is 29.8 Å². The first-order valence-corrected chi connectivity index (χ1v) is 6.86. The third-order valence-electron chi connectivity index (χ3n) is 2.19. The van der Waals surface area contributed by atoms with Gasteiger partial charge in [-0.1, -0.05) is 26.0 Å². The van der Waals surface area contributed by atoms with Gasteiger partial charge in [0.1, 0.15) is 0 Å². The average Bonchev–Trinajstić information content (AvgIpc) is 2.40. The van der Waals surface area contributed by atoms with Crippen molar-refractivity contribution in [3.63, 3.8) is 0 Å². The molecule has 6 heteroatoms. The lowest BCUT2D eigenvalue weighted by Gasteiger charge is -2.14. The van der Waals surface area contributed by atoms with Gasteiger partial charge in [-0.2, -0.15) is 13.2 Å². The number of likely N-dealkylation sites (N-methyl/N-ethyl adjacent to an activating group) is 1. The van der Waals surface area contributed by atoms with Gasteiger partial charge in [0.05, 0.1) is 0 Å². The number of hydrogen-bond acceptors (Lipinski definition) is 2. The Morgan fingerprint density at radius 1 is 1.29 bits per heavy atom. The molecule has 0 atom stereocenters. The molecule has 0 radical (unpaired) electrons. The second kappa shape index (κ2) is 12.1. The Morgan fingerprint density at radius 2 is 1.81 bits per heavy atom. The van der Waals surface area contributed by atoms with E-state index in [4.69, 9.17) is 5.73 Å². The van der Waals surface area contributed by atoms with E-state index in [1.807, 2.05) is 45.0 Å². The Balaban J connectivity index is 0. The zero-order valence-corrected chi connectivity index (χ0v) is 13.1. The number of nitrogen functional groups attached to an aromatic ring is 1. The summed E-state index contributed by atoms with van der Waals surface area (Å²) in [6.45, 7) is 7.66. The van der Waals surface area contributed by atoms with E-state index in [2.05, 4.69) is 0 Å². The predicted molar refractivity (Wildman–Crippen MR) is 80.9 cm³/mol. The minimum absolute atomic E-state index is 0.188. The summed E-state index contributed by atoms with van der Waals surface area (Å²) < 4.78 is 31.1. The molecule has 0 unspecified atom stereocenters. The topological polar surface area (TPSA) is 46.3 Å². The number of anilines is 1. The van der Waals surface area contributed by atoms with E-state index < -0.39 is 6.18 Å². The summed E-state index contributed by atoms with van der Waals surface area (Å²) in [5.41, 5.74) is 7.59. The van der Waals surface area contributed by atoms with Gasteiger partial charge in [0.15, 0.2) is 0 Å². The molecule has 3 nitrogen and oxygen atoms in total. The number of alkyl halides is 3. The Bertz CT molecular complexity index is 375. The molecule has 1 aromatic carbocycles. The predicted octanol–water partition coefficient (Wildman–Crippen LogP) is 3.88. The Kier molecular flexibility index (Phi) is 12.4. The summed E-state index contributed by atoms with van der Waals surface area (Å²) in [6, 6.07) is 7.76. The van der Waals surface area contributed by atoms with Crippen LogP contribution < -0.4 is 5.73 Å². The van der Waals surface area contributed by atoms with Crippen molar-refractivity contribution in [1.82, 2.24) is 4.90 Å². The molecule has 0 spiro atoms. The van der Waals surface area contributed by atoms with Crippen LogP contribution in [0.25, 0.3) is 0 Å². The molecule has 0 bridgehead atoms. The molecule has 0 fully saturated rings. The van der Waals surface area contributed by atoms with Crippen LogP contribution in [-0.4, -0.2) is 30.6 Å². The van der Waals surface area contributed by atoms with Gasteiger partial charge in [0.2, 0.25) is 6.41 Å². The van der Waals surface area contributed by atoms with Gasteiger partial charge >= 0.3 is 6.18 Å².